The highest BCUT2D eigenvalue weighted by atomic mass is 15.3. The second kappa shape index (κ2) is 6.37. The fraction of sp³-hybridized carbons (Fsp3) is 0.800. The Morgan fingerprint density at radius 3 is 2.78 bits per heavy atom. The van der Waals surface area contributed by atoms with E-state index in [0.29, 0.717) is 6.04 Å². The third-order valence-electron chi connectivity index (χ3n) is 4.08. The van der Waals surface area contributed by atoms with Gasteiger partial charge in [0.1, 0.15) is 0 Å². The van der Waals surface area contributed by atoms with Crippen molar-refractivity contribution in [1.82, 2.24) is 15.1 Å². The maximum Gasteiger partial charge on any atom is 0.0596 e. The van der Waals surface area contributed by atoms with Crippen molar-refractivity contribution in [2.24, 2.45) is 13.0 Å². The van der Waals surface area contributed by atoms with Gasteiger partial charge in [0.25, 0.3) is 0 Å². The number of hydrogen-bond donors (Lipinski definition) is 1. The topological polar surface area (TPSA) is 29.9 Å². The van der Waals surface area contributed by atoms with E-state index in [1.807, 2.05) is 4.68 Å². The van der Waals surface area contributed by atoms with Crippen LogP contribution in [0.1, 0.15) is 50.4 Å². The lowest BCUT2D eigenvalue weighted by Gasteiger charge is -2.30. The second-order valence-corrected chi connectivity index (χ2v) is 5.79. The Bertz CT molecular complexity index is 366. The molecule has 1 heterocycles. The van der Waals surface area contributed by atoms with E-state index in [2.05, 4.69) is 37.4 Å². The van der Waals surface area contributed by atoms with E-state index >= 15 is 0 Å². The molecule has 18 heavy (non-hydrogen) atoms. The number of aromatic nitrogens is 2. The van der Waals surface area contributed by atoms with Crippen molar-refractivity contribution in [3.63, 3.8) is 0 Å². The third-order valence-corrected chi connectivity index (χ3v) is 4.08. The number of nitrogens with zero attached hydrogens (tertiary/aromatic N) is 2. The molecule has 1 aliphatic carbocycles. The monoisotopic (exact) mass is 249 g/mol. The van der Waals surface area contributed by atoms with Gasteiger partial charge in [0.05, 0.1) is 5.69 Å². The zero-order valence-electron chi connectivity index (χ0n) is 12.1. The highest BCUT2D eigenvalue weighted by Gasteiger charge is 2.22. The third kappa shape index (κ3) is 3.58. The minimum absolute atomic E-state index is 0.630. The van der Waals surface area contributed by atoms with Gasteiger partial charge in [-0.15, -0.1) is 0 Å². The zero-order valence-corrected chi connectivity index (χ0v) is 12.1. The van der Waals surface area contributed by atoms with Gasteiger partial charge in [-0.05, 0) is 38.3 Å². The predicted octanol–water partition coefficient (Wildman–Crippen LogP) is 2.83. The standard InChI is InChI=1S/C15H27N3/c1-4-8-16-14(10-13-6-5-7-13)11-15-9-12(2)17-18(15)3/h9,13-14,16H,4-8,10-11H2,1-3H3. The maximum atomic E-state index is 4.45. The van der Waals surface area contributed by atoms with Gasteiger partial charge in [-0.25, -0.2) is 0 Å². The lowest BCUT2D eigenvalue weighted by Crippen LogP contribution is -2.35. The maximum absolute atomic E-state index is 4.45. The molecule has 102 valence electrons. The molecule has 0 bridgehead atoms. The molecule has 1 saturated carbocycles. The fourth-order valence-electron chi connectivity index (χ4n) is 2.83. The molecule has 3 nitrogen and oxygen atoms in total. The fourth-order valence-corrected chi connectivity index (χ4v) is 2.83. The first-order valence-electron chi connectivity index (χ1n) is 7.42. The van der Waals surface area contributed by atoms with Gasteiger partial charge >= 0.3 is 0 Å². The lowest BCUT2D eigenvalue weighted by atomic mass is 9.80. The molecule has 1 N–H and O–H groups in total. The Hall–Kier alpha value is -0.830. The zero-order chi connectivity index (χ0) is 13.0. The normalized spacial score (nSPS) is 17.7. The number of nitrogens with one attached hydrogen (secondary N) is 1. The Morgan fingerprint density at radius 1 is 1.50 bits per heavy atom. The largest absolute Gasteiger partial charge is 0.314 e. The van der Waals surface area contributed by atoms with Crippen LogP contribution in [0.15, 0.2) is 6.07 Å². The molecular formula is C15H27N3. The van der Waals surface area contributed by atoms with Crippen molar-refractivity contribution in [1.29, 1.82) is 0 Å². The number of rotatable bonds is 7. The molecule has 1 aromatic heterocycles. The molecule has 1 aliphatic rings. The van der Waals surface area contributed by atoms with Gasteiger partial charge < -0.3 is 5.32 Å². The van der Waals surface area contributed by atoms with Crippen LogP contribution in [0.2, 0.25) is 0 Å². The Labute approximate surface area is 111 Å². The van der Waals surface area contributed by atoms with Crippen LogP contribution < -0.4 is 5.32 Å². The summed E-state index contributed by atoms with van der Waals surface area (Å²) in [6.45, 7) is 5.44. The summed E-state index contributed by atoms with van der Waals surface area (Å²) in [7, 11) is 2.06. The summed E-state index contributed by atoms with van der Waals surface area (Å²) in [6, 6.07) is 2.85. The van der Waals surface area contributed by atoms with E-state index in [0.717, 1.165) is 24.6 Å². The van der Waals surface area contributed by atoms with E-state index in [9.17, 15) is 0 Å². The first kappa shape index (κ1) is 13.6. The first-order valence-corrected chi connectivity index (χ1v) is 7.42. The smallest absolute Gasteiger partial charge is 0.0596 e. The minimum Gasteiger partial charge on any atom is -0.314 e. The summed E-state index contributed by atoms with van der Waals surface area (Å²) < 4.78 is 2.04. The second-order valence-electron chi connectivity index (χ2n) is 5.79. The highest BCUT2D eigenvalue weighted by molar-refractivity contribution is 5.10. The molecular weight excluding hydrogens is 222 g/mol. The molecule has 1 fully saturated rings. The van der Waals surface area contributed by atoms with Crippen molar-refractivity contribution in [3.8, 4) is 0 Å². The van der Waals surface area contributed by atoms with Crippen LogP contribution in [0.5, 0.6) is 0 Å². The van der Waals surface area contributed by atoms with Gasteiger partial charge in [0, 0.05) is 25.2 Å². The van der Waals surface area contributed by atoms with Crippen molar-refractivity contribution in [2.45, 2.75) is 58.4 Å². The summed E-state index contributed by atoms with van der Waals surface area (Å²) in [5.41, 5.74) is 2.49. The molecule has 0 aromatic carbocycles. The van der Waals surface area contributed by atoms with Crippen LogP contribution >= 0.6 is 0 Å². The molecule has 1 atom stereocenters. The van der Waals surface area contributed by atoms with Gasteiger partial charge in [-0.3, -0.25) is 4.68 Å². The van der Waals surface area contributed by atoms with E-state index in [-0.39, 0.29) is 0 Å². The molecule has 2 rings (SSSR count). The van der Waals surface area contributed by atoms with Gasteiger partial charge in [0.15, 0.2) is 0 Å². The Balaban J connectivity index is 1.92. The lowest BCUT2D eigenvalue weighted by molar-refractivity contribution is 0.257. The molecule has 0 aliphatic heterocycles. The SMILES string of the molecule is CCCNC(Cc1cc(C)nn1C)CC1CCC1. The molecule has 1 unspecified atom stereocenters. The van der Waals surface area contributed by atoms with Crippen molar-refractivity contribution < 1.29 is 0 Å². The molecule has 0 amide bonds. The van der Waals surface area contributed by atoms with Crippen molar-refractivity contribution in [2.75, 3.05) is 6.54 Å². The highest BCUT2D eigenvalue weighted by Crippen LogP contribution is 2.31. The predicted molar refractivity (Wildman–Crippen MR) is 75.7 cm³/mol. The summed E-state index contributed by atoms with van der Waals surface area (Å²) >= 11 is 0. The van der Waals surface area contributed by atoms with Crippen molar-refractivity contribution >= 4 is 0 Å². The molecule has 0 spiro atoms. The van der Waals surface area contributed by atoms with Crippen LogP contribution in [0.3, 0.4) is 0 Å². The summed E-state index contributed by atoms with van der Waals surface area (Å²) in [6.07, 6.45) is 7.99. The quantitative estimate of drug-likeness (QED) is 0.805. The molecule has 3 heteroatoms. The van der Waals surface area contributed by atoms with Crippen LogP contribution in [-0.4, -0.2) is 22.4 Å². The average Bonchev–Trinajstić information content (AvgIpc) is 2.58. The molecule has 0 saturated heterocycles. The van der Waals surface area contributed by atoms with Crippen LogP contribution in [0.25, 0.3) is 0 Å². The van der Waals surface area contributed by atoms with Gasteiger partial charge in [0.2, 0.25) is 0 Å². The summed E-state index contributed by atoms with van der Waals surface area (Å²) in [5.74, 6) is 0.966. The van der Waals surface area contributed by atoms with Crippen molar-refractivity contribution in [3.05, 3.63) is 17.5 Å². The number of aryl methyl sites for hydroxylation is 2. The van der Waals surface area contributed by atoms with Gasteiger partial charge in [-0.2, -0.15) is 5.10 Å². The molecule has 1 aromatic rings. The first-order chi connectivity index (χ1) is 8.69. The average molecular weight is 249 g/mol. The van der Waals surface area contributed by atoms with E-state index in [4.69, 9.17) is 0 Å². The summed E-state index contributed by atoms with van der Waals surface area (Å²) in [4.78, 5) is 0. The van der Waals surface area contributed by atoms with Gasteiger partial charge in [-0.1, -0.05) is 26.2 Å². The molecule has 0 radical (unpaired) electrons. The Morgan fingerprint density at radius 2 is 2.28 bits per heavy atom. The summed E-state index contributed by atoms with van der Waals surface area (Å²) in [5, 5.41) is 8.16. The van der Waals surface area contributed by atoms with Crippen LogP contribution in [0, 0.1) is 12.8 Å². The van der Waals surface area contributed by atoms with E-state index in [1.54, 1.807) is 0 Å². The number of hydrogen-bond acceptors (Lipinski definition) is 2. The van der Waals surface area contributed by atoms with Crippen LogP contribution in [-0.2, 0) is 13.5 Å². The van der Waals surface area contributed by atoms with E-state index in [1.165, 1.54) is 37.8 Å². The van der Waals surface area contributed by atoms with E-state index < -0.39 is 0 Å². The minimum atomic E-state index is 0.630. The van der Waals surface area contributed by atoms with Crippen LogP contribution in [0.4, 0.5) is 0 Å². The Kier molecular flexibility index (Phi) is 4.81.